The van der Waals surface area contributed by atoms with Crippen molar-refractivity contribution in [1.29, 1.82) is 0 Å². The highest BCUT2D eigenvalue weighted by Crippen LogP contribution is 2.31. The molecule has 38 heavy (non-hydrogen) atoms. The molecule has 7 nitrogen and oxygen atoms in total. The topological polar surface area (TPSA) is 90.0 Å². The van der Waals surface area contributed by atoms with E-state index in [9.17, 15) is 19.2 Å². The number of amides is 2. The fraction of sp³-hybridized carbons (Fsp3) is 0.0667. The molecule has 1 aliphatic rings. The second-order valence-electron chi connectivity index (χ2n) is 8.47. The molecule has 4 aromatic rings. The van der Waals surface area contributed by atoms with Crippen molar-refractivity contribution in [3.63, 3.8) is 0 Å². The molecular formula is C30H20ClNO6. The number of anilines is 1. The lowest BCUT2D eigenvalue weighted by Crippen LogP contribution is -2.29. The van der Waals surface area contributed by atoms with Crippen LogP contribution >= 0.6 is 11.6 Å². The van der Waals surface area contributed by atoms with Crippen LogP contribution in [-0.4, -0.2) is 30.7 Å². The second-order valence-corrected chi connectivity index (χ2v) is 8.91. The van der Waals surface area contributed by atoms with Gasteiger partial charge in [-0.15, -0.1) is 0 Å². The Hall–Kier alpha value is -4.75. The zero-order chi connectivity index (χ0) is 26.8. The van der Waals surface area contributed by atoms with Gasteiger partial charge in [0.2, 0.25) is 5.78 Å². The lowest BCUT2D eigenvalue weighted by molar-refractivity contribution is 0.0280. The molecule has 0 bridgehead atoms. The third-order valence-electron chi connectivity index (χ3n) is 6.15. The molecule has 0 aliphatic carbocycles. The zero-order valence-corrected chi connectivity index (χ0v) is 20.8. The van der Waals surface area contributed by atoms with Gasteiger partial charge in [0.15, 0.2) is 6.10 Å². The van der Waals surface area contributed by atoms with E-state index in [-0.39, 0.29) is 16.7 Å². The van der Waals surface area contributed by atoms with Gasteiger partial charge >= 0.3 is 5.97 Å². The molecule has 5 rings (SSSR count). The number of rotatable bonds is 7. The first-order chi connectivity index (χ1) is 18.4. The zero-order valence-electron chi connectivity index (χ0n) is 20.1. The van der Waals surface area contributed by atoms with E-state index >= 15 is 0 Å². The molecule has 0 N–H and O–H groups in total. The molecule has 8 heteroatoms. The molecule has 1 heterocycles. The Morgan fingerprint density at radius 1 is 0.763 bits per heavy atom. The highest BCUT2D eigenvalue weighted by molar-refractivity contribution is 6.34. The predicted molar refractivity (Wildman–Crippen MR) is 141 cm³/mol. The summed E-state index contributed by atoms with van der Waals surface area (Å²) in [6.07, 6.45) is -1.25. The van der Waals surface area contributed by atoms with Crippen LogP contribution in [0.25, 0.3) is 0 Å². The molecule has 0 spiro atoms. The molecule has 1 aliphatic heterocycles. The molecule has 188 valence electrons. The van der Waals surface area contributed by atoms with E-state index in [1.54, 1.807) is 78.9 Å². The maximum absolute atomic E-state index is 13.3. The molecule has 4 aromatic carbocycles. The summed E-state index contributed by atoms with van der Waals surface area (Å²) in [5, 5.41) is 0.467. The Morgan fingerprint density at radius 2 is 1.42 bits per heavy atom. The first-order valence-electron chi connectivity index (χ1n) is 11.6. The van der Waals surface area contributed by atoms with Crippen molar-refractivity contribution in [1.82, 2.24) is 0 Å². The second kappa shape index (κ2) is 10.3. The van der Waals surface area contributed by atoms with E-state index in [1.165, 1.54) is 25.3 Å². The quantitative estimate of drug-likeness (QED) is 0.169. The largest absolute Gasteiger partial charge is 0.497 e. The number of carbonyl (C=O) groups excluding carboxylic acids is 4. The van der Waals surface area contributed by atoms with Crippen LogP contribution in [0, 0.1) is 0 Å². The van der Waals surface area contributed by atoms with Crippen LogP contribution in [0.3, 0.4) is 0 Å². The number of ketones is 1. The summed E-state index contributed by atoms with van der Waals surface area (Å²) in [5.41, 5.74) is 1.44. The van der Waals surface area contributed by atoms with E-state index in [0.29, 0.717) is 27.6 Å². The SMILES string of the molecule is COc1ccc(N2C(=O)c3ccc(C(=O)O[C@@H](C(=O)c4ccccc4)c4ccc(Cl)cc4)cc3C2=O)cc1. The number of hydrogen-bond donors (Lipinski definition) is 0. The number of carbonyl (C=O) groups is 4. The number of halogens is 1. The van der Waals surface area contributed by atoms with Gasteiger partial charge in [0.05, 0.1) is 29.5 Å². The van der Waals surface area contributed by atoms with Gasteiger partial charge in [0, 0.05) is 16.1 Å². The van der Waals surface area contributed by atoms with Crippen LogP contribution in [0.1, 0.15) is 53.1 Å². The number of benzene rings is 4. The smallest absolute Gasteiger partial charge is 0.339 e. The third kappa shape index (κ3) is 4.67. The Labute approximate surface area is 223 Å². The van der Waals surface area contributed by atoms with Crippen molar-refractivity contribution in [2.45, 2.75) is 6.10 Å². The molecule has 0 saturated heterocycles. The van der Waals surface area contributed by atoms with E-state index in [0.717, 1.165) is 4.90 Å². The molecule has 0 unspecified atom stereocenters. The lowest BCUT2D eigenvalue weighted by Gasteiger charge is -2.18. The van der Waals surface area contributed by atoms with Crippen LogP contribution in [0.15, 0.2) is 97.1 Å². The molecule has 0 aromatic heterocycles. The summed E-state index contributed by atoms with van der Waals surface area (Å²) in [6.45, 7) is 0. The van der Waals surface area contributed by atoms with Crippen molar-refractivity contribution >= 4 is 40.9 Å². The Balaban J connectivity index is 1.43. The predicted octanol–water partition coefficient (Wildman–Crippen LogP) is 5.93. The summed E-state index contributed by atoms with van der Waals surface area (Å²) in [7, 11) is 1.52. The van der Waals surface area contributed by atoms with Crippen LogP contribution in [0.2, 0.25) is 5.02 Å². The number of Topliss-reactive ketones (excluding diaryl/α,β-unsaturated/α-hetero) is 1. The van der Waals surface area contributed by atoms with E-state index in [1.807, 2.05) is 0 Å². The number of fused-ring (bicyclic) bond motifs is 1. The van der Waals surface area contributed by atoms with Crippen LogP contribution < -0.4 is 9.64 Å². The number of imide groups is 1. The summed E-state index contributed by atoms with van der Waals surface area (Å²) in [4.78, 5) is 53.7. The summed E-state index contributed by atoms with van der Waals surface area (Å²) >= 11 is 6.00. The average molecular weight is 526 g/mol. The van der Waals surface area contributed by atoms with Crippen molar-refractivity contribution in [2.24, 2.45) is 0 Å². The summed E-state index contributed by atoms with van der Waals surface area (Å²) in [5.74, 6) is -1.73. The standard InChI is InChI=1S/C30H20ClNO6/c1-37-23-14-12-22(13-15-23)32-28(34)24-16-9-20(17-25(24)29(32)35)30(36)38-27(19-7-10-21(31)11-8-19)26(33)18-5-3-2-4-6-18/h2-17,27H,1H3/t27-/m1/s1. The molecule has 0 radical (unpaired) electrons. The number of methoxy groups -OCH3 is 1. The fourth-order valence-electron chi connectivity index (χ4n) is 4.17. The van der Waals surface area contributed by atoms with Crippen molar-refractivity contribution in [2.75, 3.05) is 12.0 Å². The van der Waals surface area contributed by atoms with Crippen molar-refractivity contribution < 1.29 is 28.7 Å². The lowest BCUT2D eigenvalue weighted by atomic mass is 9.99. The Bertz CT molecular complexity index is 1550. The van der Waals surface area contributed by atoms with Gasteiger partial charge < -0.3 is 9.47 Å². The molecular weight excluding hydrogens is 506 g/mol. The van der Waals surface area contributed by atoms with Crippen molar-refractivity contribution in [3.05, 3.63) is 130 Å². The monoisotopic (exact) mass is 525 g/mol. The van der Waals surface area contributed by atoms with Gasteiger partial charge in [-0.3, -0.25) is 14.4 Å². The van der Waals surface area contributed by atoms with Crippen molar-refractivity contribution in [3.8, 4) is 5.75 Å². The number of hydrogen-bond acceptors (Lipinski definition) is 6. The Kier molecular flexibility index (Phi) is 6.77. The molecule has 0 saturated carbocycles. The minimum absolute atomic E-state index is 0.0290. The molecule has 1 atom stereocenters. The Morgan fingerprint density at radius 3 is 2.08 bits per heavy atom. The van der Waals surface area contributed by atoms with Crippen LogP contribution in [-0.2, 0) is 4.74 Å². The van der Waals surface area contributed by atoms with Crippen LogP contribution in [0.5, 0.6) is 5.75 Å². The van der Waals surface area contributed by atoms with Gasteiger partial charge in [0.1, 0.15) is 5.75 Å². The average Bonchev–Trinajstić information content (AvgIpc) is 3.21. The maximum atomic E-state index is 13.3. The highest BCUT2D eigenvalue weighted by Gasteiger charge is 2.37. The molecule has 2 amide bonds. The minimum Gasteiger partial charge on any atom is -0.497 e. The third-order valence-corrected chi connectivity index (χ3v) is 6.40. The molecule has 0 fully saturated rings. The van der Waals surface area contributed by atoms with Crippen LogP contribution in [0.4, 0.5) is 5.69 Å². The highest BCUT2D eigenvalue weighted by atomic mass is 35.5. The van der Waals surface area contributed by atoms with Gasteiger partial charge in [-0.2, -0.15) is 0 Å². The van der Waals surface area contributed by atoms with Gasteiger partial charge in [-0.05, 0) is 54.6 Å². The maximum Gasteiger partial charge on any atom is 0.339 e. The fourth-order valence-corrected chi connectivity index (χ4v) is 4.30. The van der Waals surface area contributed by atoms with Gasteiger partial charge in [-0.25, -0.2) is 9.69 Å². The normalized spacial score (nSPS) is 13.2. The van der Waals surface area contributed by atoms with E-state index in [2.05, 4.69) is 0 Å². The van der Waals surface area contributed by atoms with E-state index in [4.69, 9.17) is 21.1 Å². The van der Waals surface area contributed by atoms with Gasteiger partial charge in [0.25, 0.3) is 11.8 Å². The summed E-state index contributed by atoms with van der Waals surface area (Å²) < 4.78 is 10.8. The first-order valence-corrected chi connectivity index (χ1v) is 12.0. The number of ether oxygens (including phenoxy) is 2. The minimum atomic E-state index is -1.25. The number of nitrogens with zero attached hydrogens (tertiary/aromatic N) is 1. The first kappa shape index (κ1) is 24.9. The van der Waals surface area contributed by atoms with E-state index < -0.39 is 29.7 Å². The number of esters is 1. The van der Waals surface area contributed by atoms with Gasteiger partial charge in [-0.1, -0.05) is 54.1 Å². The summed E-state index contributed by atoms with van der Waals surface area (Å²) in [6, 6.07) is 25.5.